The molecule has 1 unspecified atom stereocenters. The Morgan fingerprint density at radius 3 is 2.47 bits per heavy atom. The topological polar surface area (TPSA) is 79.1 Å². The summed E-state index contributed by atoms with van der Waals surface area (Å²) in [5, 5.41) is 0. The van der Waals surface area contributed by atoms with E-state index in [2.05, 4.69) is 31.0 Å². The number of carbonyl (C=O) groups excluding carboxylic acids is 1. The number of hydrogen-bond acceptors (Lipinski definition) is 7. The van der Waals surface area contributed by atoms with Crippen molar-refractivity contribution < 1.29 is 19.0 Å². The summed E-state index contributed by atoms with van der Waals surface area (Å²) in [7, 11) is 3.11. The maximum atomic E-state index is 13.8. The summed E-state index contributed by atoms with van der Waals surface area (Å²) in [6.45, 7) is 8.00. The molecular formula is C28H30N2O5S. The van der Waals surface area contributed by atoms with Crippen molar-refractivity contribution in [1.82, 2.24) is 4.57 Å². The first-order chi connectivity index (χ1) is 17.3. The van der Waals surface area contributed by atoms with Crippen LogP contribution in [-0.4, -0.2) is 31.4 Å². The molecule has 0 spiro atoms. The number of carbonyl (C=O) groups is 1. The van der Waals surface area contributed by atoms with Crippen molar-refractivity contribution in [2.24, 2.45) is 4.99 Å². The van der Waals surface area contributed by atoms with Crippen LogP contribution in [0.1, 0.15) is 56.3 Å². The second kappa shape index (κ2) is 10.5. The van der Waals surface area contributed by atoms with Gasteiger partial charge in [-0.3, -0.25) is 9.36 Å². The van der Waals surface area contributed by atoms with E-state index in [-0.39, 0.29) is 12.2 Å². The van der Waals surface area contributed by atoms with Gasteiger partial charge < -0.3 is 14.2 Å². The zero-order valence-electron chi connectivity index (χ0n) is 21.3. The minimum absolute atomic E-state index is 0.207. The highest BCUT2D eigenvalue weighted by Gasteiger charge is 2.35. The Hall–Kier alpha value is -3.65. The molecule has 1 aliphatic rings. The van der Waals surface area contributed by atoms with Gasteiger partial charge in [0, 0.05) is 11.6 Å². The summed E-state index contributed by atoms with van der Waals surface area (Å²) >= 11 is 1.29. The molecule has 0 fully saturated rings. The predicted octanol–water partition coefficient (Wildman–Crippen LogP) is 3.94. The van der Waals surface area contributed by atoms with Crippen LogP contribution in [0, 0.1) is 0 Å². The van der Waals surface area contributed by atoms with Crippen molar-refractivity contribution in [3.63, 3.8) is 0 Å². The van der Waals surface area contributed by atoms with Crippen molar-refractivity contribution in [2.45, 2.75) is 39.7 Å². The first-order valence-electron chi connectivity index (χ1n) is 11.8. The Morgan fingerprint density at radius 2 is 1.86 bits per heavy atom. The maximum Gasteiger partial charge on any atom is 0.338 e. The summed E-state index contributed by atoms with van der Waals surface area (Å²) in [5.41, 5.74) is 3.37. The minimum atomic E-state index is -0.758. The van der Waals surface area contributed by atoms with E-state index in [0.717, 1.165) is 5.56 Å². The third-order valence-electron chi connectivity index (χ3n) is 6.15. The molecular weight excluding hydrogens is 476 g/mol. The number of esters is 1. The zero-order valence-corrected chi connectivity index (χ0v) is 22.1. The number of hydrogen-bond donors (Lipinski definition) is 0. The first kappa shape index (κ1) is 25.4. The molecule has 0 saturated carbocycles. The molecule has 0 radical (unpaired) electrons. The number of nitrogens with zero attached hydrogens (tertiary/aromatic N) is 2. The van der Waals surface area contributed by atoms with Crippen LogP contribution in [0.3, 0.4) is 0 Å². The normalized spacial score (nSPS) is 15.5. The van der Waals surface area contributed by atoms with Crippen LogP contribution < -0.4 is 24.4 Å². The molecule has 0 aliphatic carbocycles. The summed E-state index contributed by atoms with van der Waals surface area (Å²) in [6.07, 6.45) is 1.86. The molecule has 1 atom stereocenters. The monoisotopic (exact) mass is 506 g/mol. The third-order valence-corrected chi connectivity index (χ3v) is 7.14. The molecule has 188 valence electrons. The first-order valence-corrected chi connectivity index (χ1v) is 12.6. The van der Waals surface area contributed by atoms with E-state index >= 15 is 0 Å². The Morgan fingerprint density at radius 1 is 1.14 bits per heavy atom. The Labute approximate surface area is 214 Å². The van der Waals surface area contributed by atoms with Crippen molar-refractivity contribution in [1.29, 1.82) is 0 Å². The van der Waals surface area contributed by atoms with Gasteiger partial charge in [0.1, 0.15) is 17.5 Å². The molecule has 4 rings (SSSR count). The van der Waals surface area contributed by atoms with Crippen LogP contribution >= 0.6 is 11.3 Å². The van der Waals surface area contributed by atoms with Gasteiger partial charge in [-0.15, -0.1) is 0 Å². The molecule has 1 aliphatic heterocycles. The molecule has 0 saturated heterocycles. The number of allylic oxidation sites excluding steroid dienone is 1. The molecule has 2 aromatic carbocycles. The van der Waals surface area contributed by atoms with Crippen molar-refractivity contribution >= 4 is 23.4 Å². The molecule has 0 bridgehead atoms. The molecule has 8 heteroatoms. The second-order valence-corrected chi connectivity index (χ2v) is 9.74. The van der Waals surface area contributed by atoms with E-state index < -0.39 is 12.0 Å². The smallest absolute Gasteiger partial charge is 0.338 e. The number of thiazole rings is 1. The molecule has 3 aromatic rings. The van der Waals surface area contributed by atoms with E-state index in [4.69, 9.17) is 14.2 Å². The van der Waals surface area contributed by atoms with Crippen LogP contribution in [0.25, 0.3) is 6.08 Å². The third kappa shape index (κ3) is 4.73. The number of ether oxygens (including phenoxy) is 3. The molecule has 0 N–H and O–H groups in total. The van der Waals surface area contributed by atoms with Crippen LogP contribution in [0.4, 0.5) is 0 Å². The molecule has 1 aromatic heterocycles. The summed E-state index contributed by atoms with van der Waals surface area (Å²) < 4.78 is 18.4. The van der Waals surface area contributed by atoms with Crippen LogP contribution in [0.5, 0.6) is 11.5 Å². The number of methoxy groups -OCH3 is 2. The summed E-state index contributed by atoms with van der Waals surface area (Å²) in [5.74, 6) is 1.01. The van der Waals surface area contributed by atoms with Crippen molar-refractivity contribution in [2.75, 3.05) is 20.8 Å². The number of benzene rings is 2. The van der Waals surface area contributed by atoms with Gasteiger partial charge in [0.15, 0.2) is 4.80 Å². The highest BCUT2D eigenvalue weighted by atomic mass is 32.1. The lowest BCUT2D eigenvalue weighted by molar-refractivity contribution is -0.139. The van der Waals surface area contributed by atoms with Gasteiger partial charge in [0.25, 0.3) is 5.56 Å². The summed E-state index contributed by atoms with van der Waals surface area (Å²) in [4.78, 5) is 32.0. The molecule has 7 nitrogen and oxygen atoms in total. The lowest BCUT2D eigenvalue weighted by atomic mass is 9.95. The van der Waals surface area contributed by atoms with Crippen molar-refractivity contribution in [3.05, 3.63) is 90.1 Å². The SMILES string of the molecule is CCOC(=O)C1=C(C)N=c2sc(=Cc3ccc(C(C)C)cc3)c(=O)n2C1c1ccc(OC)cc1OC. The van der Waals surface area contributed by atoms with Gasteiger partial charge in [-0.25, -0.2) is 9.79 Å². The van der Waals surface area contributed by atoms with Gasteiger partial charge in [0.2, 0.25) is 0 Å². The highest BCUT2D eigenvalue weighted by molar-refractivity contribution is 7.07. The fourth-order valence-electron chi connectivity index (χ4n) is 4.26. The van der Waals surface area contributed by atoms with Gasteiger partial charge in [-0.1, -0.05) is 49.4 Å². The van der Waals surface area contributed by atoms with Crippen molar-refractivity contribution in [3.8, 4) is 11.5 Å². The standard InChI is InChI=1S/C28H30N2O5S/c1-7-35-27(32)24-17(4)29-28-30(25(24)21-13-12-20(33-5)15-22(21)34-6)26(31)23(36-28)14-18-8-10-19(11-9-18)16(2)3/h8-16,25H,7H2,1-6H3. The molecule has 36 heavy (non-hydrogen) atoms. The summed E-state index contributed by atoms with van der Waals surface area (Å²) in [6, 6.07) is 12.7. The zero-order chi connectivity index (χ0) is 26.0. The van der Waals surface area contributed by atoms with Gasteiger partial charge in [0.05, 0.1) is 36.6 Å². The largest absolute Gasteiger partial charge is 0.497 e. The lowest BCUT2D eigenvalue weighted by Gasteiger charge is -2.26. The highest BCUT2D eigenvalue weighted by Crippen LogP contribution is 2.37. The van der Waals surface area contributed by atoms with Gasteiger partial charge in [-0.05, 0) is 49.1 Å². The van der Waals surface area contributed by atoms with Crippen LogP contribution in [-0.2, 0) is 9.53 Å². The van der Waals surface area contributed by atoms with E-state index in [1.807, 2.05) is 24.3 Å². The maximum absolute atomic E-state index is 13.8. The minimum Gasteiger partial charge on any atom is -0.497 e. The van der Waals surface area contributed by atoms with Gasteiger partial charge >= 0.3 is 5.97 Å². The fraction of sp³-hybridized carbons (Fsp3) is 0.321. The van der Waals surface area contributed by atoms with Crippen LogP contribution in [0.2, 0.25) is 0 Å². The van der Waals surface area contributed by atoms with E-state index in [1.54, 1.807) is 44.8 Å². The van der Waals surface area contributed by atoms with E-state index in [0.29, 0.717) is 43.6 Å². The Kier molecular flexibility index (Phi) is 7.45. The predicted molar refractivity (Wildman–Crippen MR) is 140 cm³/mol. The molecule has 2 heterocycles. The Bertz CT molecular complexity index is 1500. The van der Waals surface area contributed by atoms with Crippen LogP contribution in [0.15, 0.2) is 63.5 Å². The second-order valence-electron chi connectivity index (χ2n) is 8.73. The average molecular weight is 507 g/mol. The molecule has 0 amide bonds. The fourth-order valence-corrected chi connectivity index (χ4v) is 5.31. The number of fused-ring (bicyclic) bond motifs is 1. The van der Waals surface area contributed by atoms with Gasteiger partial charge in [-0.2, -0.15) is 0 Å². The Balaban J connectivity index is 1.94. The number of rotatable bonds is 7. The lowest BCUT2D eigenvalue weighted by Crippen LogP contribution is -2.40. The van der Waals surface area contributed by atoms with E-state index in [1.165, 1.54) is 16.9 Å². The quantitative estimate of drug-likeness (QED) is 0.454. The average Bonchev–Trinajstić information content (AvgIpc) is 3.17. The number of aromatic nitrogens is 1. The van der Waals surface area contributed by atoms with E-state index in [9.17, 15) is 9.59 Å².